The summed E-state index contributed by atoms with van der Waals surface area (Å²) >= 11 is 0. The third kappa shape index (κ3) is 6.50. The minimum Gasteiger partial charge on any atom is -0.465 e. The molecule has 1 aliphatic rings. The van der Waals surface area contributed by atoms with E-state index >= 15 is 0 Å². The van der Waals surface area contributed by atoms with Crippen molar-refractivity contribution >= 4 is 34.7 Å². The van der Waals surface area contributed by atoms with E-state index in [9.17, 15) is 19.1 Å². The molecule has 2 amide bonds. The van der Waals surface area contributed by atoms with Crippen molar-refractivity contribution in [3.8, 4) is 11.1 Å². The molecule has 7 nitrogen and oxygen atoms in total. The fourth-order valence-corrected chi connectivity index (χ4v) is 4.93. The Bertz CT molecular complexity index is 1330. The average molecular weight is 533 g/mol. The van der Waals surface area contributed by atoms with Crippen LogP contribution >= 0.6 is 0 Å². The lowest BCUT2D eigenvalue weighted by Crippen LogP contribution is -2.49. The highest BCUT2D eigenvalue weighted by Crippen LogP contribution is 2.37. The monoisotopic (exact) mass is 532 g/mol. The molecule has 3 aromatic carbocycles. The topological polar surface area (TPSA) is 84.9 Å². The molecular formula is C31H37FN4O3. The van der Waals surface area contributed by atoms with Gasteiger partial charge in [0.15, 0.2) is 0 Å². The molecule has 1 heterocycles. The summed E-state index contributed by atoms with van der Waals surface area (Å²) in [5, 5.41) is 16.9. The highest BCUT2D eigenvalue weighted by atomic mass is 19.1. The molecule has 1 aliphatic heterocycles. The zero-order chi connectivity index (χ0) is 28.4. The van der Waals surface area contributed by atoms with Crippen molar-refractivity contribution < 1.29 is 19.1 Å². The Labute approximate surface area is 229 Å². The molecule has 0 spiro atoms. The van der Waals surface area contributed by atoms with Gasteiger partial charge in [0.05, 0.1) is 16.9 Å². The highest BCUT2D eigenvalue weighted by molar-refractivity contribution is 5.94. The van der Waals surface area contributed by atoms with Gasteiger partial charge in [0, 0.05) is 36.4 Å². The Morgan fingerprint density at radius 3 is 2.13 bits per heavy atom. The van der Waals surface area contributed by atoms with E-state index in [4.69, 9.17) is 0 Å². The molecule has 0 unspecified atom stereocenters. The lowest BCUT2D eigenvalue weighted by atomic mass is 10.0. The van der Waals surface area contributed by atoms with Crippen LogP contribution in [-0.2, 0) is 4.79 Å². The molecule has 0 aliphatic carbocycles. The number of nitrogens with one attached hydrogen (secondary N) is 2. The number of amides is 2. The number of hydrogen-bond acceptors (Lipinski definition) is 4. The van der Waals surface area contributed by atoms with Gasteiger partial charge in [0.1, 0.15) is 5.82 Å². The van der Waals surface area contributed by atoms with Crippen molar-refractivity contribution in [3.63, 3.8) is 0 Å². The summed E-state index contributed by atoms with van der Waals surface area (Å²) in [6, 6.07) is 19.5. The molecule has 39 heavy (non-hydrogen) atoms. The fraction of sp³-hybridized carbons (Fsp3) is 0.355. The van der Waals surface area contributed by atoms with E-state index < -0.39 is 11.6 Å². The third-order valence-electron chi connectivity index (χ3n) is 6.97. The summed E-state index contributed by atoms with van der Waals surface area (Å²) in [4.78, 5) is 27.7. The van der Waals surface area contributed by atoms with Gasteiger partial charge in [-0.25, -0.2) is 9.18 Å². The Morgan fingerprint density at radius 1 is 0.949 bits per heavy atom. The predicted octanol–water partition coefficient (Wildman–Crippen LogP) is 7.33. The van der Waals surface area contributed by atoms with Crippen LogP contribution in [0.25, 0.3) is 11.1 Å². The average Bonchev–Trinajstić information content (AvgIpc) is 3.31. The van der Waals surface area contributed by atoms with Crippen LogP contribution in [0.4, 0.5) is 31.9 Å². The fourth-order valence-electron chi connectivity index (χ4n) is 4.93. The van der Waals surface area contributed by atoms with Crippen LogP contribution in [0.3, 0.4) is 0 Å². The van der Waals surface area contributed by atoms with Crippen molar-refractivity contribution in [2.45, 2.75) is 58.5 Å². The maximum Gasteiger partial charge on any atom is 0.412 e. The smallest absolute Gasteiger partial charge is 0.412 e. The molecule has 1 fully saturated rings. The van der Waals surface area contributed by atoms with Crippen molar-refractivity contribution in [1.82, 2.24) is 4.90 Å². The van der Waals surface area contributed by atoms with Gasteiger partial charge < -0.3 is 20.6 Å². The van der Waals surface area contributed by atoms with E-state index in [2.05, 4.69) is 24.5 Å². The van der Waals surface area contributed by atoms with Crippen molar-refractivity contribution in [3.05, 3.63) is 72.5 Å². The lowest BCUT2D eigenvalue weighted by molar-refractivity contribution is -0.131. The first kappa shape index (κ1) is 28.0. The SMILES string of the molecule is CC(C)(C)N(C(=O)O)c1ccc(-c2ccc(F)cc2)cc1Nc1ccc(NCC(C)(C)N2CCCC2=O)cc1. The first-order valence-electron chi connectivity index (χ1n) is 13.2. The largest absolute Gasteiger partial charge is 0.465 e. The number of likely N-dealkylation sites (tertiary alicyclic amines) is 1. The van der Waals surface area contributed by atoms with E-state index in [1.165, 1.54) is 17.0 Å². The molecule has 3 N–H and O–H groups in total. The van der Waals surface area contributed by atoms with Crippen LogP contribution in [0.1, 0.15) is 47.5 Å². The first-order chi connectivity index (χ1) is 18.3. The summed E-state index contributed by atoms with van der Waals surface area (Å²) < 4.78 is 13.5. The third-order valence-corrected chi connectivity index (χ3v) is 6.97. The number of rotatable bonds is 8. The molecule has 0 atom stereocenters. The molecule has 8 heteroatoms. The lowest BCUT2D eigenvalue weighted by Gasteiger charge is -2.36. The molecule has 206 valence electrons. The predicted molar refractivity (Wildman–Crippen MR) is 155 cm³/mol. The van der Waals surface area contributed by atoms with E-state index in [1.807, 2.05) is 62.1 Å². The molecule has 3 aromatic rings. The molecule has 4 rings (SSSR count). The van der Waals surface area contributed by atoms with E-state index in [0.29, 0.717) is 24.3 Å². The van der Waals surface area contributed by atoms with Gasteiger partial charge in [-0.15, -0.1) is 0 Å². The Balaban J connectivity index is 1.59. The van der Waals surface area contributed by atoms with Crippen LogP contribution in [0.2, 0.25) is 0 Å². The van der Waals surface area contributed by atoms with Gasteiger partial charge in [0.2, 0.25) is 5.91 Å². The second kappa shape index (κ2) is 11.0. The highest BCUT2D eigenvalue weighted by Gasteiger charge is 2.34. The molecule has 0 radical (unpaired) electrons. The quantitative estimate of drug-likeness (QED) is 0.283. The van der Waals surface area contributed by atoms with Crippen molar-refractivity contribution in [2.24, 2.45) is 0 Å². The molecular weight excluding hydrogens is 495 g/mol. The normalized spacial score (nSPS) is 13.9. The number of nitrogens with zero attached hydrogens (tertiary/aromatic N) is 2. The zero-order valence-electron chi connectivity index (χ0n) is 23.2. The van der Waals surface area contributed by atoms with Gasteiger partial charge in [-0.1, -0.05) is 18.2 Å². The molecule has 0 bridgehead atoms. The van der Waals surface area contributed by atoms with Crippen LogP contribution < -0.4 is 15.5 Å². The van der Waals surface area contributed by atoms with Gasteiger partial charge in [-0.05, 0) is 101 Å². The number of carboxylic acid groups (broad SMARTS) is 1. The molecule has 0 saturated carbocycles. The number of anilines is 4. The van der Waals surface area contributed by atoms with Crippen LogP contribution in [0.5, 0.6) is 0 Å². The number of carbonyl (C=O) groups is 2. The summed E-state index contributed by atoms with van der Waals surface area (Å²) in [7, 11) is 0. The van der Waals surface area contributed by atoms with Crippen LogP contribution in [-0.4, -0.2) is 46.2 Å². The van der Waals surface area contributed by atoms with Crippen LogP contribution in [0, 0.1) is 5.82 Å². The number of carbonyl (C=O) groups excluding carboxylic acids is 1. The summed E-state index contributed by atoms with van der Waals surface area (Å²) in [5.74, 6) is -0.117. The second-order valence-electron chi connectivity index (χ2n) is 11.5. The summed E-state index contributed by atoms with van der Waals surface area (Å²) in [6.45, 7) is 11.1. The zero-order valence-corrected chi connectivity index (χ0v) is 23.2. The molecule has 1 saturated heterocycles. The maximum atomic E-state index is 13.5. The van der Waals surface area contributed by atoms with Gasteiger partial charge in [-0.2, -0.15) is 0 Å². The summed E-state index contributed by atoms with van der Waals surface area (Å²) in [6.07, 6.45) is 0.461. The van der Waals surface area contributed by atoms with E-state index in [-0.39, 0.29) is 17.3 Å². The Morgan fingerprint density at radius 2 is 1.56 bits per heavy atom. The maximum absolute atomic E-state index is 13.5. The van der Waals surface area contributed by atoms with Gasteiger partial charge >= 0.3 is 6.09 Å². The van der Waals surface area contributed by atoms with Crippen LogP contribution in [0.15, 0.2) is 66.7 Å². The van der Waals surface area contributed by atoms with Gasteiger partial charge in [0.25, 0.3) is 0 Å². The van der Waals surface area contributed by atoms with Gasteiger partial charge in [-0.3, -0.25) is 9.69 Å². The number of benzene rings is 3. The standard InChI is InChI=1S/C31H37FN4O3/c1-30(2,3)36(29(38)39)27-17-10-22(21-8-11-23(32)12-9-21)19-26(27)34-25-15-13-24(14-16-25)33-20-31(4,5)35-18-6-7-28(35)37/h8-17,19,33-34H,6-7,18,20H2,1-5H3,(H,38,39). The van der Waals surface area contributed by atoms with Crippen molar-refractivity contribution in [1.29, 1.82) is 0 Å². The second-order valence-corrected chi connectivity index (χ2v) is 11.5. The number of halogens is 1. The Kier molecular flexibility index (Phi) is 7.86. The van der Waals surface area contributed by atoms with Crippen molar-refractivity contribution in [2.75, 3.05) is 28.6 Å². The molecule has 0 aromatic heterocycles. The first-order valence-corrected chi connectivity index (χ1v) is 13.2. The van der Waals surface area contributed by atoms with E-state index in [1.54, 1.807) is 18.2 Å². The Hall–Kier alpha value is -4.07. The summed E-state index contributed by atoms with van der Waals surface area (Å²) in [5.41, 5.74) is 3.50. The minimum atomic E-state index is -1.06. The van der Waals surface area contributed by atoms with E-state index in [0.717, 1.165) is 35.5 Å². The number of hydrogen-bond donors (Lipinski definition) is 3. The minimum absolute atomic E-state index is 0.200.